The number of benzene rings is 1. The van der Waals surface area contributed by atoms with E-state index >= 15 is 0 Å². The van der Waals surface area contributed by atoms with Gasteiger partial charge in [-0.15, -0.1) is 0 Å². The first-order valence-corrected chi connectivity index (χ1v) is 10.6. The molecule has 3 rings (SSSR count). The standard InChI is InChI=1S/C16H12Br3F3N4O3/c1-6(15(27)23-12-9(17)4-8(26(28)29)5-10(12)18)25-13(7-2-3-7)11(19)14(24-25)16(20,21)22/h4-7H,2-3H2,1H3,(H,23,27). The van der Waals surface area contributed by atoms with E-state index in [9.17, 15) is 28.1 Å². The minimum atomic E-state index is -4.66. The van der Waals surface area contributed by atoms with Gasteiger partial charge in [0.25, 0.3) is 5.69 Å². The van der Waals surface area contributed by atoms with Crippen LogP contribution in [-0.4, -0.2) is 20.6 Å². The number of alkyl halides is 3. The molecule has 1 amide bonds. The third kappa shape index (κ3) is 4.50. The summed E-state index contributed by atoms with van der Waals surface area (Å²) in [5.74, 6) is -0.716. The number of aromatic nitrogens is 2. The van der Waals surface area contributed by atoms with E-state index in [1.807, 2.05) is 0 Å². The van der Waals surface area contributed by atoms with Gasteiger partial charge >= 0.3 is 6.18 Å². The summed E-state index contributed by atoms with van der Waals surface area (Å²) in [5, 5.41) is 17.2. The Balaban J connectivity index is 1.93. The van der Waals surface area contributed by atoms with E-state index in [-0.39, 0.29) is 30.7 Å². The van der Waals surface area contributed by atoms with Gasteiger partial charge in [-0.05, 0) is 67.6 Å². The van der Waals surface area contributed by atoms with Gasteiger partial charge in [-0.1, -0.05) is 0 Å². The zero-order valence-electron chi connectivity index (χ0n) is 14.6. The summed E-state index contributed by atoms with van der Waals surface area (Å²) in [6.45, 7) is 1.44. The molecule has 1 aromatic heterocycles. The first kappa shape index (κ1) is 22.2. The Morgan fingerprint density at radius 1 is 1.31 bits per heavy atom. The number of amides is 1. The first-order valence-electron chi connectivity index (χ1n) is 8.21. The van der Waals surface area contributed by atoms with E-state index in [0.29, 0.717) is 5.69 Å². The highest BCUT2D eigenvalue weighted by atomic mass is 79.9. The van der Waals surface area contributed by atoms with E-state index < -0.39 is 28.7 Å². The average molecular weight is 605 g/mol. The van der Waals surface area contributed by atoms with Crippen LogP contribution in [0.3, 0.4) is 0 Å². The molecule has 1 aliphatic rings. The fraction of sp³-hybridized carbons (Fsp3) is 0.375. The van der Waals surface area contributed by atoms with E-state index in [0.717, 1.165) is 17.5 Å². The van der Waals surface area contributed by atoms with Crippen LogP contribution in [0.1, 0.15) is 43.1 Å². The molecule has 2 aromatic rings. The summed E-state index contributed by atoms with van der Waals surface area (Å²) in [6.07, 6.45) is -3.22. The van der Waals surface area contributed by atoms with E-state index in [1.54, 1.807) is 0 Å². The predicted octanol–water partition coefficient (Wildman–Crippen LogP) is 6.17. The number of nitro groups is 1. The van der Waals surface area contributed by atoms with Gasteiger partial charge in [-0.2, -0.15) is 18.3 Å². The van der Waals surface area contributed by atoms with Crippen LogP contribution < -0.4 is 5.32 Å². The van der Waals surface area contributed by atoms with Gasteiger partial charge in [0.2, 0.25) is 5.91 Å². The molecule has 1 saturated carbocycles. The van der Waals surface area contributed by atoms with Crippen LogP contribution in [0.5, 0.6) is 0 Å². The average Bonchev–Trinajstić information content (AvgIpc) is 3.38. The maximum atomic E-state index is 13.3. The highest BCUT2D eigenvalue weighted by Crippen LogP contribution is 2.48. The lowest BCUT2D eigenvalue weighted by Gasteiger charge is -2.17. The summed E-state index contributed by atoms with van der Waals surface area (Å²) < 4.78 is 41.3. The summed E-state index contributed by atoms with van der Waals surface area (Å²) in [5.41, 5.74) is -0.710. The van der Waals surface area contributed by atoms with Gasteiger partial charge in [0.15, 0.2) is 5.69 Å². The number of non-ortho nitro benzene ring substituents is 1. The van der Waals surface area contributed by atoms with Gasteiger partial charge < -0.3 is 5.32 Å². The van der Waals surface area contributed by atoms with Crippen molar-refractivity contribution < 1.29 is 22.9 Å². The van der Waals surface area contributed by atoms with E-state index in [4.69, 9.17) is 0 Å². The lowest BCUT2D eigenvalue weighted by Crippen LogP contribution is -2.26. The SMILES string of the molecule is CC(C(=O)Nc1c(Br)cc([N+](=O)[O-])cc1Br)n1nc(C(F)(F)F)c(Br)c1C1CC1. The van der Waals surface area contributed by atoms with Crippen LogP contribution in [0.4, 0.5) is 24.5 Å². The molecule has 1 aliphatic carbocycles. The van der Waals surface area contributed by atoms with Gasteiger partial charge in [0.1, 0.15) is 6.04 Å². The summed E-state index contributed by atoms with van der Waals surface area (Å²) in [4.78, 5) is 23.1. The van der Waals surface area contributed by atoms with Crippen molar-refractivity contribution in [1.29, 1.82) is 0 Å². The molecule has 0 radical (unpaired) electrons. The minimum absolute atomic E-state index is 0.0962. The van der Waals surface area contributed by atoms with Gasteiger partial charge in [-0.25, -0.2) is 0 Å². The summed E-state index contributed by atoms with van der Waals surface area (Å²) >= 11 is 9.32. The normalized spacial score (nSPS) is 15.3. The monoisotopic (exact) mass is 602 g/mol. The van der Waals surface area contributed by atoms with Gasteiger partial charge in [0, 0.05) is 27.0 Å². The maximum Gasteiger partial charge on any atom is 0.436 e. The fourth-order valence-corrected chi connectivity index (χ4v) is 4.92. The highest BCUT2D eigenvalue weighted by molar-refractivity contribution is 9.11. The lowest BCUT2D eigenvalue weighted by molar-refractivity contribution is -0.385. The van der Waals surface area contributed by atoms with E-state index in [2.05, 4.69) is 58.2 Å². The number of carbonyl (C=O) groups is 1. The number of anilines is 1. The Kier molecular flexibility index (Phi) is 6.12. The van der Waals surface area contributed by atoms with Gasteiger partial charge in [-0.3, -0.25) is 19.6 Å². The Morgan fingerprint density at radius 3 is 2.31 bits per heavy atom. The van der Waals surface area contributed by atoms with Crippen molar-refractivity contribution in [3.05, 3.63) is 47.1 Å². The Labute approximate surface area is 187 Å². The zero-order chi connectivity index (χ0) is 21.7. The second kappa shape index (κ2) is 7.99. The molecule has 1 atom stereocenters. The predicted molar refractivity (Wildman–Crippen MR) is 109 cm³/mol. The lowest BCUT2D eigenvalue weighted by atomic mass is 10.2. The molecular formula is C16H12Br3F3N4O3. The number of nitrogens with zero attached hydrogens (tertiary/aromatic N) is 3. The molecule has 156 valence electrons. The molecule has 0 saturated heterocycles. The molecule has 1 unspecified atom stereocenters. The van der Waals surface area contributed by atoms with Crippen molar-refractivity contribution in [2.75, 3.05) is 5.32 Å². The third-order valence-corrected chi connectivity index (χ3v) is 6.38. The van der Waals surface area contributed by atoms with Crippen LogP contribution in [0, 0.1) is 10.1 Å². The minimum Gasteiger partial charge on any atom is -0.322 e. The number of nitrogens with one attached hydrogen (secondary N) is 1. The zero-order valence-corrected chi connectivity index (χ0v) is 19.3. The number of halogens is 6. The number of hydrogen-bond acceptors (Lipinski definition) is 4. The van der Waals surface area contributed by atoms with Crippen molar-refractivity contribution in [1.82, 2.24) is 9.78 Å². The molecule has 1 heterocycles. The molecule has 0 aliphatic heterocycles. The van der Waals surface area contributed by atoms with Crippen molar-refractivity contribution in [2.45, 2.75) is 37.9 Å². The number of nitro benzene ring substituents is 1. The van der Waals surface area contributed by atoms with Crippen LogP contribution in [0.2, 0.25) is 0 Å². The molecular weight excluding hydrogens is 593 g/mol. The topological polar surface area (TPSA) is 90.1 Å². The Bertz CT molecular complexity index is 982. The van der Waals surface area contributed by atoms with Crippen molar-refractivity contribution in [3.63, 3.8) is 0 Å². The van der Waals surface area contributed by atoms with Crippen LogP contribution in [-0.2, 0) is 11.0 Å². The largest absolute Gasteiger partial charge is 0.436 e. The molecule has 0 bridgehead atoms. The quantitative estimate of drug-likeness (QED) is 0.326. The van der Waals surface area contributed by atoms with Crippen molar-refractivity contribution in [2.24, 2.45) is 0 Å². The molecule has 0 spiro atoms. The molecule has 1 fully saturated rings. The van der Waals surface area contributed by atoms with Crippen LogP contribution >= 0.6 is 47.8 Å². The molecule has 7 nitrogen and oxygen atoms in total. The highest BCUT2D eigenvalue weighted by Gasteiger charge is 2.43. The molecule has 1 aromatic carbocycles. The molecule has 29 heavy (non-hydrogen) atoms. The number of rotatable bonds is 5. The van der Waals surface area contributed by atoms with Crippen molar-refractivity contribution >= 4 is 65.1 Å². The second-order valence-electron chi connectivity index (χ2n) is 6.47. The third-order valence-electron chi connectivity index (χ3n) is 4.35. The number of carbonyl (C=O) groups excluding carboxylic acids is 1. The Morgan fingerprint density at radius 2 is 1.86 bits per heavy atom. The second-order valence-corrected chi connectivity index (χ2v) is 8.97. The summed E-state index contributed by atoms with van der Waals surface area (Å²) in [7, 11) is 0. The van der Waals surface area contributed by atoms with Crippen LogP contribution in [0.15, 0.2) is 25.6 Å². The summed E-state index contributed by atoms with van der Waals surface area (Å²) in [6, 6.07) is 1.38. The Hall–Kier alpha value is -1.47. The van der Waals surface area contributed by atoms with Crippen LogP contribution in [0.25, 0.3) is 0 Å². The van der Waals surface area contributed by atoms with Gasteiger partial charge in [0.05, 0.1) is 20.8 Å². The molecule has 13 heteroatoms. The van der Waals surface area contributed by atoms with Crippen molar-refractivity contribution in [3.8, 4) is 0 Å². The number of hydrogen-bond donors (Lipinski definition) is 1. The smallest absolute Gasteiger partial charge is 0.322 e. The van der Waals surface area contributed by atoms with E-state index in [1.165, 1.54) is 19.1 Å². The maximum absolute atomic E-state index is 13.3. The molecule has 1 N–H and O–H groups in total. The fourth-order valence-electron chi connectivity index (χ4n) is 2.75. The first-order chi connectivity index (χ1) is 13.4.